The summed E-state index contributed by atoms with van der Waals surface area (Å²) in [5, 5.41) is 9.20. The normalized spacial score (nSPS) is 10.0. The van der Waals surface area contributed by atoms with E-state index in [4.69, 9.17) is 16.7 Å². The number of thiophene rings is 1. The Morgan fingerprint density at radius 1 is 1.78 bits per heavy atom. The van der Waals surface area contributed by atoms with E-state index < -0.39 is 0 Å². The van der Waals surface area contributed by atoms with Crippen LogP contribution in [0.4, 0.5) is 0 Å². The highest BCUT2D eigenvalue weighted by molar-refractivity contribution is 7.18. The van der Waals surface area contributed by atoms with Gasteiger partial charge in [0.2, 0.25) is 0 Å². The molecule has 0 spiro atoms. The van der Waals surface area contributed by atoms with E-state index in [0.717, 1.165) is 12.0 Å². The maximum Gasteiger partial charge on any atom is 0.172 e. The monoisotopic (exact) mass is 162 g/mol. The highest BCUT2D eigenvalue weighted by Gasteiger charge is 2.02. The molecule has 50 valence electrons. The largest absolute Gasteiger partial charge is 0.499 e. The van der Waals surface area contributed by atoms with Gasteiger partial charge in [0, 0.05) is 0 Å². The van der Waals surface area contributed by atoms with E-state index in [-0.39, 0.29) is 0 Å². The summed E-state index contributed by atoms with van der Waals surface area (Å²) in [4.78, 5) is 0. The molecule has 1 N–H and O–H groups in total. The Morgan fingerprint density at radius 3 is 2.67 bits per heavy atom. The van der Waals surface area contributed by atoms with Crippen LogP contribution in [-0.2, 0) is 6.42 Å². The second-order valence-corrected chi connectivity index (χ2v) is 3.37. The minimum absolute atomic E-state index is 0.303. The number of halogens is 1. The van der Waals surface area contributed by atoms with Gasteiger partial charge >= 0.3 is 0 Å². The first-order valence-electron chi connectivity index (χ1n) is 2.71. The maximum atomic E-state index is 8.90. The smallest absolute Gasteiger partial charge is 0.172 e. The van der Waals surface area contributed by atoms with Crippen LogP contribution in [0.5, 0.6) is 5.06 Å². The van der Waals surface area contributed by atoms with Crippen LogP contribution in [0.3, 0.4) is 0 Å². The molecule has 1 rings (SSSR count). The molecular formula is C6H7ClOS. The lowest BCUT2D eigenvalue weighted by Gasteiger charge is -1.84. The molecule has 0 fully saturated rings. The molecule has 9 heavy (non-hydrogen) atoms. The van der Waals surface area contributed by atoms with E-state index in [1.807, 2.05) is 6.92 Å². The van der Waals surface area contributed by atoms with Crippen LogP contribution in [0, 0.1) is 0 Å². The molecule has 1 aromatic heterocycles. The van der Waals surface area contributed by atoms with Crippen LogP contribution < -0.4 is 0 Å². The molecule has 0 amide bonds. The predicted molar refractivity (Wildman–Crippen MR) is 40.4 cm³/mol. The van der Waals surface area contributed by atoms with Crippen LogP contribution in [0.2, 0.25) is 4.34 Å². The Balaban J connectivity index is 3.01. The van der Waals surface area contributed by atoms with E-state index >= 15 is 0 Å². The van der Waals surface area contributed by atoms with Crippen molar-refractivity contribution in [2.45, 2.75) is 13.3 Å². The molecular weight excluding hydrogens is 156 g/mol. The fourth-order valence-corrected chi connectivity index (χ4v) is 1.78. The molecule has 0 bridgehead atoms. The Labute approximate surface area is 62.9 Å². The summed E-state index contributed by atoms with van der Waals surface area (Å²) in [6.07, 6.45) is 0.885. The number of aromatic hydroxyl groups is 1. The van der Waals surface area contributed by atoms with E-state index in [1.54, 1.807) is 6.07 Å². The summed E-state index contributed by atoms with van der Waals surface area (Å²) in [7, 11) is 0. The highest BCUT2D eigenvalue weighted by atomic mass is 35.5. The Bertz CT molecular complexity index is 207. The van der Waals surface area contributed by atoms with Crippen LogP contribution in [0.1, 0.15) is 12.5 Å². The molecule has 0 saturated heterocycles. The molecule has 1 aromatic rings. The zero-order chi connectivity index (χ0) is 6.85. The van der Waals surface area contributed by atoms with Gasteiger partial charge in [-0.1, -0.05) is 29.9 Å². The lowest BCUT2D eigenvalue weighted by atomic mass is 10.3. The van der Waals surface area contributed by atoms with Crippen LogP contribution in [0.25, 0.3) is 0 Å². The van der Waals surface area contributed by atoms with E-state index in [1.165, 1.54) is 11.3 Å². The first kappa shape index (κ1) is 6.90. The summed E-state index contributed by atoms with van der Waals surface area (Å²) in [6.45, 7) is 2.01. The van der Waals surface area contributed by atoms with Gasteiger partial charge < -0.3 is 5.11 Å². The second-order valence-electron chi connectivity index (χ2n) is 1.74. The summed E-state index contributed by atoms with van der Waals surface area (Å²) >= 11 is 6.92. The molecule has 0 atom stereocenters. The molecule has 0 saturated carbocycles. The molecule has 1 heterocycles. The molecule has 0 aliphatic heterocycles. The van der Waals surface area contributed by atoms with Crippen molar-refractivity contribution in [2.24, 2.45) is 0 Å². The molecule has 0 aliphatic rings. The number of hydrogen-bond acceptors (Lipinski definition) is 2. The maximum absolute atomic E-state index is 8.90. The fourth-order valence-electron chi connectivity index (χ4n) is 0.634. The summed E-state index contributed by atoms with van der Waals surface area (Å²) in [5.41, 5.74) is 1.03. The van der Waals surface area contributed by atoms with E-state index in [9.17, 15) is 0 Å². The van der Waals surface area contributed by atoms with Crippen molar-refractivity contribution in [3.05, 3.63) is 16.0 Å². The Kier molecular flexibility index (Phi) is 1.98. The third kappa shape index (κ3) is 1.37. The van der Waals surface area contributed by atoms with Crippen molar-refractivity contribution in [3.63, 3.8) is 0 Å². The van der Waals surface area contributed by atoms with Crippen molar-refractivity contribution >= 4 is 22.9 Å². The van der Waals surface area contributed by atoms with E-state index in [0.29, 0.717) is 9.40 Å². The lowest BCUT2D eigenvalue weighted by Crippen LogP contribution is -1.70. The van der Waals surface area contributed by atoms with Gasteiger partial charge in [-0.25, -0.2) is 0 Å². The Morgan fingerprint density at radius 2 is 2.44 bits per heavy atom. The van der Waals surface area contributed by atoms with Gasteiger partial charge in [0.25, 0.3) is 0 Å². The minimum atomic E-state index is 0.303. The van der Waals surface area contributed by atoms with Crippen molar-refractivity contribution in [3.8, 4) is 5.06 Å². The van der Waals surface area contributed by atoms with Crippen molar-refractivity contribution in [2.75, 3.05) is 0 Å². The third-order valence-corrected chi connectivity index (χ3v) is 2.37. The molecule has 0 aliphatic carbocycles. The highest BCUT2D eigenvalue weighted by Crippen LogP contribution is 2.32. The first-order chi connectivity index (χ1) is 4.24. The average molecular weight is 163 g/mol. The Hall–Kier alpha value is -0.210. The predicted octanol–water partition coefficient (Wildman–Crippen LogP) is 2.67. The number of aryl methyl sites for hydroxylation is 1. The zero-order valence-corrected chi connectivity index (χ0v) is 6.59. The molecule has 0 radical (unpaired) electrons. The molecule has 0 aromatic carbocycles. The number of rotatable bonds is 1. The summed E-state index contributed by atoms with van der Waals surface area (Å²) in [5.74, 6) is 0. The van der Waals surface area contributed by atoms with Crippen molar-refractivity contribution in [1.82, 2.24) is 0 Å². The average Bonchev–Trinajstić information content (AvgIpc) is 2.10. The van der Waals surface area contributed by atoms with Gasteiger partial charge in [-0.2, -0.15) is 0 Å². The number of hydrogen-bond donors (Lipinski definition) is 1. The molecule has 0 unspecified atom stereocenters. The van der Waals surface area contributed by atoms with E-state index in [2.05, 4.69) is 0 Å². The van der Waals surface area contributed by atoms with Gasteiger partial charge in [-0.05, 0) is 18.1 Å². The zero-order valence-electron chi connectivity index (χ0n) is 5.02. The van der Waals surface area contributed by atoms with Gasteiger partial charge in [-0.15, -0.1) is 0 Å². The first-order valence-corrected chi connectivity index (χ1v) is 3.90. The quantitative estimate of drug-likeness (QED) is 0.673. The SMILES string of the molecule is CCc1cc(O)sc1Cl. The molecule has 3 heteroatoms. The minimum Gasteiger partial charge on any atom is -0.499 e. The van der Waals surface area contributed by atoms with Crippen LogP contribution in [-0.4, -0.2) is 5.11 Å². The molecule has 1 nitrogen and oxygen atoms in total. The summed E-state index contributed by atoms with van der Waals surface area (Å²) < 4.78 is 0.704. The van der Waals surface area contributed by atoms with Gasteiger partial charge in [-0.3, -0.25) is 0 Å². The van der Waals surface area contributed by atoms with Gasteiger partial charge in [0.05, 0.1) is 4.34 Å². The fraction of sp³-hybridized carbons (Fsp3) is 0.333. The van der Waals surface area contributed by atoms with Crippen molar-refractivity contribution in [1.29, 1.82) is 0 Å². The van der Waals surface area contributed by atoms with Gasteiger partial charge in [0.1, 0.15) is 0 Å². The second kappa shape index (κ2) is 2.58. The standard InChI is InChI=1S/C6H7ClOS/c1-2-4-3-5(8)9-6(4)7/h3,8H,2H2,1H3. The topological polar surface area (TPSA) is 20.2 Å². The van der Waals surface area contributed by atoms with Crippen molar-refractivity contribution < 1.29 is 5.11 Å². The van der Waals surface area contributed by atoms with Crippen LogP contribution >= 0.6 is 22.9 Å². The lowest BCUT2D eigenvalue weighted by molar-refractivity contribution is 0.490. The van der Waals surface area contributed by atoms with Gasteiger partial charge in [0.15, 0.2) is 5.06 Å². The summed E-state index contributed by atoms with van der Waals surface area (Å²) in [6, 6.07) is 1.70. The van der Waals surface area contributed by atoms with Crippen LogP contribution in [0.15, 0.2) is 6.07 Å². The third-order valence-electron chi connectivity index (χ3n) is 1.13.